The SMILES string of the molecule is C=C(N/C(C)=N/c1ccccc1C)N(C)c1nc(-c2cccc(C(C)(C)F)c2)ccc1N(C)CCC. The van der Waals surface area contributed by atoms with Crippen LogP contribution in [0, 0.1) is 6.92 Å². The average Bonchev–Trinajstić information content (AvgIpc) is 2.84. The third kappa shape index (κ3) is 6.51. The second-order valence-corrected chi connectivity index (χ2v) is 9.63. The standard InChI is InChI=1S/C30H38FN5/c1-9-19-35(7)28-18-17-27(24-14-12-15-25(20-24)30(5,6)31)34-29(28)36(8)23(4)32-22(3)33-26-16-11-10-13-21(26)2/h10-18,20H,4,9,19H2,1-3,5-8H3,(H,32,33). The van der Waals surface area contributed by atoms with Crippen LogP contribution in [0.15, 0.2) is 78.1 Å². The second-order valence-electron chi connectivity index (χ2n) is 9.63. The number of nitrogens with zero attached hydrogens (tertiary/aromatic N) is 4. The molecule has 0 radical (unpaired) electrons. The molecule has 1 N–H and O–H groups in total. The summed E-state index contributed by atoms with van der Waals surface area (Å²) in [5.41, 5.74) is 3.84. The molecule has 36 heavy (non-hydrogen) atoms. The van der Waals surface area contributed by atoms with Gasteiger partial charge >= 0.3 is 0 Å². The lowest BCUT2D eigenvalue weighted by Gasteiger charge is -2.28. The number of nitrogens with one attached hydrogen (secondary N) is 1. The van der Waals surface area contributed by atoms with Crippen molar-refractivity contribution in [1.82, 2.24) is 10.3 Å². The highest BCUT2D eigenvalue weighted by atomic mass is 19.1. The third-order valence-corrected chi connectivity index (χ3v) is 6.12. The Labute approximate surface area is 215 Å². The summed E-state index contributed by atoms with van der Waals surface area (Å²) < 4.78 is 14.6. The lowest BCUT2D eigenvalue weighted by Crippen LogP contribution is -2.32. The maximum Gasteiger partial charge on any atom is 0.158 e. The molecule has 2 aromatic carbocycles. The highest BCUT2D eigenvalue weighted by Crippen LogP contribution is 2.33. The van der Waals surface area contributed by atoms with E-state index >= 15 is 0 Å². The number of aliphatic imine (C=N–C) groups is 1. The van der Waals surface area contributed by atoms with Gasteiger partial charge in [-0.2, -0.15) is 0 Å². The molecular weight excluding hydrogens is 449 g/mol. The number of pyridine rings is 1. The highest BCUT2D eigenvalue weighted by molar-refractivity contribution is 5.85. The Bertz CT molecular complexity index is 1240. The zero-order valence-corrected chi connectivity index (χ0v) is 22.6. The van der Waals surface area contributed by atoms with E-state index in [0.717, 1.165) is 52.8 Å². The van der Waals surface area contributed by atoms with Crippen molar-refractivity contribution >= 4 is 23.0 Å². The van der Waals surface area contributed by atoms with Crippen LogP contribution in [0.5, 0.6) is 0 Å². The number of halogens is 1. The number of aryl methyl sites for hydroxylation is 1. The van der Waals surface area contributed by atoms with E-state index in [1.807, 2.05) is 80.4 Å². The first-order valence-corrected chi connectivity index (χ1v) is 12.3. The van der Waals surface area contributed by atoms with Crippen molar-refractivity contribution < 1.29 is 4.39 Å². The van der Waals surface area contributed by atoms with Crippen molar-refractivity contribution in [3.63, 3.8) is 0 Å². The molecule has 0 atom stereocenters. The maximum atomic E-state index is 14.6. The molecule has 0 saturated carbocycles. The molecule has 0 saturated heterocycles. The average molecular weight is 488 g/mol. The molecule has 3 aromatic rings. The molecule has 5 nitrogen and oxygen atoms in total. The Hall–Kier alpha value is -3.67. The van der Waals surface area contributed by atoms with Crippen molar-refractivity contribution in [1.29, 1.82) is 0 Å². The van der Waals surface area contributed by atoms with Crippen LogP contribution in [0.25, 0.3) is 11.3 Å². The highest BCUT2D eigenvalue weighted by Gasteiger charge is 2.21. The summed E-state index contributed by atoms with van der Waals surface area (Å²) in [6.07, 6.45) is 1.01. The largest absolute Gasteiger partial charge is 0.372 e. The van der Waals surface area contributed by atoms with Gasteiger partial charge in [0.1, 0.15) is 17.3 Å². The van der Waals surface area contributed by atoms with Crippen LogP contribution in [0.3, 0.4) is 0 Å². The van der Waals surface area contributed by atoms with Gasteiger partial charge in [-0.25, -0.2) is 14.4 Å². The molecule has 190 valence electrons. The molecule has 0 aliphatic heterocycles. The number of rotatable bonds is 9. The van der Waals surface area contributed by atoms with Crippen molar-refractivity contribution in [2.75, 3.05) is 30.4 Å². The molecule has 0 amide bonds. The lowest BCUT2D eigenvalue weighted by molar-refractivity contribution is 0.221. The predicted molar refractivity (Wildman–Crippen MR) is 152 cm³/mol. The monoisotopic (exact) mass is 487 g/mol. The second kappa shape index (κ2) is 11.4. The van der Waals surface area contributed by atoms with E-state index in [9.17, 15) is 4.39 Å². The summed E-state index contributed by atoms with van der Waals surface area (Å²) >= 11 is 0. The smallest absolute Gasteiger partial charge is 0.158 e. The van der Waals surface area contributed by atoms with Gasteiger partial charge in [-0.15, -0.1) is 0 Å². The van der Waals surface area contributed by atoms with E-state index in [4.69, 9.17) is 9.98 Å². The van der Waals surface area contributed by atoms with E-state index in [0.29, 0.717) is 11.4 Å². The Morgan fingerprint density at radius 3 is 2.47 bits per heavy atom. The molecule has 0 bridgehead atoms. The molecule has 0 unspecified atom stereocenters. The summed E-state index contributed by atoms with van der Waals surface area (Å²) in [6.45, 7) is 14.4. The fourth-order valence-corrected chi connectivity index (χ4v) is 3.97. The quantitative estimate of drug-likeness (QED) is 0.253. The van der Waals surface area contributed by atoms with Crippen LogP contribution in [0.1, 0.15) is 45.2 Å². The molecule has 0 spiro atoms. The minimum absolute atomic E-state index is 0.623. The number of anilines is 2. The first-order chi connectivity index (χ1) is 17.0. The molecule has 1 heterocycles. The van der Waals surface area contributed by atoms with Gasteiger partial charge in [0.25, 0.3) is 0 Å². The van der Waals surface area contributed by atoms with Gasteiger partial charge in [-0.05, 0) is 69.5 Å². The van der Waals surface area contributed by atoms with Gasteiger partial charge in [-0.1, -0.05) is 49.9 Å². The fraction of sp³-hybridized carbons (Fsp3) is 0.333. The van der Waals surface area contributed by atoms with E-state index in [-0.39, 0.29) is 0 Å². The number of amidine groups is 1. The number of para-hydroxylation sites is 1. The van der Waals surface area contributed by atoms with Gasteiger partial charge in [0.05, 0.1) is 17.1 Å². The van der Waals surface area contributed by atoms with Crippen LogP contribution in [-0.4, -0.2) is 31.5 Å². The fourth-order valence-electron chi connectivity index (χ4n) is 3.97. The Balaban J connectivity index is 1.97. The van der Waals surface area contributed by atoms with Gasteiger partial charge in [0.2, 0.25) is 0 Å². The van der Waals surface area contributed by atoms with Gasteiger partial charge in [0.15, 0.2) is 5.82 Å². The lowest BCUT2D eigenvalue weighted by atomic mass is 9.97. The first kappa shape index (κ1) is 26.9. The zero-order chi connectivity index (χ0) is 26.5. The normalized spacial score (nSPS) is 11.8. The summed E-state index contributed by atoms with van der Waals surface area (Å²) in [4.78, 5) is 13.8. The van der Waals surface area contributed by atoms with Gasteiger partial charge in [0, 0.05) is 26.2 Å². The van der Waals surface area contributed by atoms with Crippen molar-refractivity contribution in [3.05, 3.63) is 84.2 Å². The molecule has 0 aliphatic rings. The Morgan fingerprint density at radius 2 is 1.81 bits per heavy atom. The first-order valence-electron chi connectivity index (χ1n) is 12.3. The molecule has 6 heteroatoms. The number of aromatic nitrogens is 1. The summed E-state index contributed by atoms with van der Waals surface area (Å²) in [5.74, 6) is 2.15. The molecule has 3 rings (SSSR count). The number of hydrogen-bond donors (Lipinski definition) is 1. The summed E-state index contributed by atoms with van der Waals surface area (Å²) in [6, 6.07) is 19.6. The van der Waals surface area contributed by atoms with Crippen LogP contribution in [0.4, 0.5) is 21.6 Å². The molecular formula is C30H38FN5. The van der Waals surface area contributed by atoms with E-state index in [1.54, 1.807) is 13.8 Å². The number of benzene rings is 2. The maximum absolute atomic E-state index is 14.6. The van der Waals surface area contributed by atoms with E-state index < -0.39 is 5.67 Å². The van der Waals surface area contributed by atoms with Crippen molar-refractivity contribution in [2.24, 2.45) is 4.99 Å². The van der Waals surface area contributed by atoms with Crippen LogP contribution >= 0.6 is 0 Å². The minimum atomic E-state index is -1.43. The third-order valence-electron chi connectivity index (χ3n) is 6.12. The van der Waals surface area contributed by atoms with Crippen molar-refractivity contribution in [2.45, 2.75) is 46.7 Å². The number of hydrogen-bond acceptors (Lipinski definition) is 4. The van der Waals surface area contributed by atoms with Gasteiger partial charge < -0.3 is 15.1 Å². The molecule has 0 aliphatic carbocycles. The van der Waals surface area contributed by atoms with Crippen LogP contribution < -0.4 is 15.1 Å². The van der Waals surface area contributed by atoms with E-state index in [2.05, 4.69) is 36.8 Å². The summed E-state index contributed by atoms with van der Waals surface area (Å²) in [7, 11) is 4.00. The minimum Gasteiger partial charge on any atom is -0.372 e. The van der Waals surface area contributed by atoms with Crippen molar-refractivity contribution in [3.8, 4) is 11.3 Å². The molecule has 0 fully saturated rings. The Kier molecular flexibility index (Phi) is 8.51. The number of alkyl halides is 1. The topological polar surface area (TPSA) is 43.8 Å². The Morgan fingerprint density at radius 1 is 1.08 bits per heavy atom. The summed E-state index contributed by atoms with van der Waals surface area (Å²) in [5, 5.41) is 3.31. The zero-order valence-electron chi connectivity index (χ0n) is 22.6. The van der Waals surface area contributed by atoms with Crippen LogP contribution in [0.2, 0.25) is 0 Å². The van der Waals surface area contributed by atoms with Crippen LogP contribution in [-0.2, 0) is 5.67 Å². The molecule has 1 aromatic heterocycles. The predicted octanol–water partition coefficient (Wildman–Crippen LogP) is 7.35. The van der Waals surface area contributed by atoms with Gasteiger partial charge in [-0.3, -0.25) is 0 Å². The van der Waals surface area contributed by atoms with E-state index in [1.165, 1.54) is 0 Å².